The van der Waals surface area contributed by atoms with Crippen molar-refractivity contribution in [2.24, 2.45) is 5.92 Å². The van der Waals surface area contributed by atoms with Crippen molar-refractivity contribution < 1.29 is 0 Å². The third kappa shape index (κ3) is 1.67. The fraction of sp³-hybridized carbons (Fsp3) is 0.300. The molecule has 100 valence electrons. The highest BCUT2D eigenvalue weighted by Gasteiger charge is 2.17. The maximum Gasteiger partial charge on any atom is -0.0102 e. The Hall–Kier alpha value is -1.82. The Bertz CT molecular complexity index is 811. The number of rotatable bonds is 0. The number of hydrogen-bond donors (Lipinski definition) is 0. The molecule has 0 aromatic heterocycles. The van der Waals surface area contributed by atoms with Crippen LogP contribution in [-0.4, -0.2) is 0 Å². The second-order valence-corrected chi connectivity index (χ2v) is 6.38. The van der Waals surface area contributed by atoms with E-state index < -0.39 is 0 Å². The highest BCUT2D eigenvalue weighted by atomic mass is 14.2. The minimum atomic E-state index is 0.836. The fourth-order valence-corrected chi connectivity index (χ4v) is 3.79. The predicted molar refractivity (Wildman–Crippen MR) is 87.4 cm³/mol. The second-order valence-electron chi connectivity index (χ2n) is 6.38. The van der Waals surface area contributed by atoms with Crippen LogP contribution in [0.1, 0.15) is 30.0 Å². The molecule has 1 aliphatic rings. The van der Waals surface area contributed by atoms with Gasteiger partial charge >= 0.3 is 0 Å². The van der Waals surface area contributed by atoms with Crippen molar-refractivity contribution in [3.05, 3.63) is 59.2 Å². The molecule has 0 fully saturated rings. The van der Waals surface area contributed by atoms with Crippen LogP contribution in [0.2, 0.25) is 0 Å². The molecule has 0 heteroatoms. The fourth-order valence-electron chi connectivity index (χ4n) is 3.79. The van der Waals surface area contributed by atoms with Gasteiger partial charge in [0.2, 0.25) is 0 Å². The lowest BCUT2D eigenvalue weighted by Crippen LogP contribution is -2.11. The number of benzene rings is 3. The van der Waals surface area contributed by atoms with E-state index in [1.54, 1.807) is 11.1 Å². The predicted octanol–water partition coefficient (Wildman–Crippen LogP) is 5.43. The summed E-state index contributed by atoms with van der Waals surface area (Å²) in [5, 5.41) is 5.71. The first-order valence-electron chi connectivity index (χ1n) is 7.67. The first kappa shape index (κ1) is 12.0. The van der Waals surface area contributed by atoms with Crippen LogP contribution in [-0.2, 0) is 12.8 Å². The smallest absolute Gasteiger partial charge is 0.0102 e. The largest absolute Gasteiger partial charge is 0.0622 e. The van der Waals surface area contributed by atoms with Crippen molar-refractivity contribution in [2.75, 3.05) is 0 Å². The summed E-state index contributed by atoms with van der Waals surface area (Å²) in [5.74, 6) is 0.836. The molecule has 0 amide bonds. The molecule has 0 aliphatic heterocycles. The van der Waals surface area contributed by atoms with Crippen LogP contribution in [0.4, 0.5) is 0 Å². The Morgan fingerprint density at radius 2 is 1.60 bits per heavy atom. The molecule has 0 nitrogen and oxygen atoms in total. The van der Waals surface area contributed by atoms with E-state index in [2.05, 4.69) is 56.3 Å². The van der Waals surface area contributed by atoms with Crippen LogP contribution in [0, 0.1) is 12.8 Å². The Labute approximate surface area is 120 Å². The summed E-state index contributed by atoms with van der Waals surface area (Å²) < 4.78 is 0. The standard InChI is InChI=1S/C20H20/c1-13-6-8-17-15(12-13)7-9-20-18-5-3-4-14(2)16(18)10-11-19(17)20/h3-5,7,9-11,13H,6,8,12H2,1-2H3. The maximum absolute atomic E-state index is 2.37. The van der Waals surface area contributed by atoms with Gasteiger partial charge < -0.3 is 0 Å². The molecular weight excluding hydrogens is 240 g/mol. The van der Waals surface area contributed by atoms with E-state index in [9.17, 15) is 0 Å². The zero-order valence-corrected chi connectivity index (χ0v) is 12.2. The molecule has 0 spiro atoms. The summed E-state index contributed by atoms with van der Waals surface area (Å²) in [6.45, 7) is 4.57. The van der Waals surface area contributed by atoms with E-state index in [4.69, 9.17) is 0 Å². The molecule has 1 unspecified atom stereocenters. The van der Waals surface area contributed by atoms with Gasteiger partial charge in [-0.05, 0) is 70.3 Å². The lowest BCUT2D eigenvalue weighted by atomic mass is 9.82. The van der Waals surface area contributed by atoms with Gasteiger partial charge in [-0.1, -0.05) is 49.4 Å². The van der Waals surface area contributed by atoms with Crippen LogP contribution < -0.4 is 0 Å². The molecule has 4 rings (SSSR count). The normalized spacial score (nSPS) is 18.4. The number of hydrogen-bond acceptors (Lipinski definition) is 0. The molecule has 3 aromatic carbocycles. The highest BCUT2D eigenvalue weighted by Crippen LogP contribution is 2.35. The zero-order chi connectivity index (χ0) is 13.7. The van der Waals surface area contributed by atoms with E-state index in [0.29, 0.717) is 0 Å². The SMILES string of the molecule is Cc1cccc2c1ccc1c3c(ccc12)CC(C)CC3. The summed E-state index contributed by atoms with van der Waals surface area (Å²) in [7, 11) is 0. The van der Waals surface area contributed by atoms with Gasteiger partial charge in [0.05, 0.1) is 0 Å². The molecule has 0 saturated heterocycles. The van der Waals surface area contributed by atoms with Gasteiger partial charge in [-0.2, -0.15) is 0 Å². The lowest BCUT2D eigenvalue weighted by Gasteiger charge is -2.23. The minimum absolute atomic E-state index is 0.836. The van der Waals surface area contributed by atoms with Gasteiger partial charge in [-0.25, -0.2) is 0 Å². The Morgan fingerprint density at radius 1 is 0.850 bits per heavy atom. The van der Waals surface area contributed by atoms with Crippen molar-refractivity contribution >= 4 is 21.5 Å². The lowest BCUT2D eigenvalue weighted by molar-refractivity contribution is 0.503. The van der Waals surface area contributed by atoms with Crippen LogP contribution in [0.3, 0.4) is 0 Å². The summed E-state index contributed by atoms with van der Waals surface area (Å²) in [5.41, 5.74) is 4.54. The van der Waals surface area contributed by atoms with Crippen LogP contribution in [0.25, 0.3) is 21.5 Å². The average Bonchev–Trinajstić information content (AvgIpc) is 2.46. The topological polar surface area (TPSA) is 0 Å². The molecule has 0 heterocycles. The Morgan fingerprint density at radius 3 is 2.50 bits per heavy atom. The van der Waals surface area contributed by atoms with E-state index in [-0.39, 0.29) is 0 Å². The maximum atomic E-state index is 2.37. The van der Waals surface area contributed by atoms with Crippen molar-refractivity contribution in [1.82, 2.24) is 0 Å². The number of fused-ring (bicyclic) bond motifs is 5. The summed E-state index contributed by atoms with van der Waals surface area (Å²) >= 11 is 0. The summed E-state index contributed by atoms with van der Waals surface area (Å²) in [4.78, 5) is 0. The van der Waals surface area contributed by atoms with Gasteiger partial charge in [0.25, 0.3) is 0 Å². The van der Waals surface area contributed by atoms with Gasteiger partial charge in [0, 0.05) is 0 Å². The van der Waals surface area contributed by atoms with E-state index in [0.717, 1.165) is 5.92 Å². The molecule has 1 atom stereocenters. The summed E-state index contributed by atoms with van der Waals surface area (Å²) in [6.07, 6.45) is 3.82. The molecule has 0 N–H and O–H groups in total. The molecule has 20 heavy (non-hydrogen) atoms. The van der Waals surface area contributed by atoms with Crippen LogP contribution in [0.15, 0.2) is 42.5 Å². The van der Waals surface area contributed by atoms with Gasteiger partial charge in [-0.3, -0.25) is 0 Å². The quantitative estimate of drug-likeness (QED) is 0.473. The average molecular weight is 260 g/mol. The monoisotopic (exact) mass is 260 g/mol. The molecule has 0 radical (unpaired) electrons. The van der Waals surface area contributed by atoms with E-state index in [1.165, 1.54) is 46.4 Å². The molecule has 0 saturated carbocycles. The molecule has 3 aromatic rings. The first-order chi connectivity index (χ1) is 9.74. The third-order valence-corrected chi connectivity index (χ3v) is 4.94. The van der Waals surface area contributed by atoms with Gasteiger partial charge in [0.15, 0.2) is 0 Å². The molecule has 0 bridgehead atoms. The Kier molecular flexibility index (Phi) is 2.60. The van der Waals surface area contributed by atoms with E-state index in [1.807, 2.05) is 0 Å². The van der Waals surface area contributed by atoms with Crippen molar-refractivity contribution in [2.45, 2.75) is 33.1 Å². The number of aryl methyl sites for hydroxylation is 2. The third-order valence-electron chi connectivity index (χ3n) is 4.94. The minimum Gasteiger partial charge on any atom is -0.0622 e. The van der Waals surface area contributed by atoms with Gasteiger partial charge in [-0.15, -0.1) is 0 Å². The van der Waals surface area contributed by atoms with Crippen LogP contribution >= 0.6 is 0 Å². The molecular formula is C20H20. The first-order valence-corrected chi connectivity index (χ1v) is 7.67. The van der Waals surface area contributed by atoms with Crippen molar-refractivity contribution in [3.63, 3.8) is 0 Å². The Balaban J connectivity index is 2.08. The van der Waals surface area contributed by atoms with Gasteiger partial charge in [0.1, 0.15) is 0 Å². The highest BCUT2D eigenvalue weighted by molar-refractivity contribution is 6.09. The zero-order valence-electron chi connectivity index (χ0n) is 12.2. The van der Waals surface area contributed by atoms with Crippen molar-refractivity contribution in [3.8, 4) is 0 Å². The van der Waals surface area contributed by atoms with E-state index >= 15 is 0 Å². The second kappa shape index (κ2) is 4.34. The molecule has 1 aliphatic carbocycles. The summed E-state index contributed by atoms with van der Waals surface area (Å²) in [6, 6.07) is 16.0. The van der Waals surface area contributed by atoms with Crippen molar-refractivity contribution in [1.29, 1.82) is 0 Å². The van der Waals surface area contributed by atoms with Crippen LogP contribution in [0.5, 0.6) is 0 Å².